The van der Waals surface area contributed by atoms with Gasteiger partial charge in [-0.3, -0.25) is 4.79 Å². The smallest absolute Gasteiger partial charge is 0.422 e. The topological polar surface area (TPSA) is 69.0 Å². The first-order valence-corrected chi connectivity index (χ1v) is 8.43. The molecule has 0 aliphatic heterocycles. The number of para-hydroxylation sites is 1. The molecule has 10 heteroatoms. The number of nitrogens with zero attached hydrogens (tertiary/aromatic N) is 3. The molecule has 0 spiro atoms. The van der Waals surface area contributed by atoms with Gasteiger partial charge in [0.2, 0.25) is 5.88 Å². The average molecular weight is 411 g/mol. The lowest BCUT2D eigenvalue weighted by Gasteiger charge is -2.14. The SMILES string of the molecule is O=c1c(Cl)c(NCc2cccnc2OCC(F)(F)F)cnn1-c1ccccc1. The van der Waals surface area contributed by atoms with Gasteiger partial charge in [-0.05, 0) is 18.2 Å². The van der Waals surface area contributed by atoms with Gasteiger partial charge < -0.3 is 10.1 Å². The van der Waals surface area contributed by atoms with Crippen LogP contribution in [0.25, 0.3) is 5.69 Å². The van der Waals surface area contributed by atoms with E-state index in [4.69, 9.17) is 16.3 Å². The van der Waals surface area contributed by atoms with Gasteiger partial charge in [0.15, 0.2) is 6.61 Å². The normalized spacial score (nSPS) is 11.3. The predicted molar refractivity (Wildman–Crippen MR) is 98.0 cm³/mol. The zero-order valence-electron chi connectivity index (χ0n) is 14.3. The molecule has 1 aromatic carbocycles. The minimum absolute atomic E-state index is 0.0389. The van der Waals surface area contributed by atoms with Crippen LogP contribution in [0.2, 0.25) is 5.02 Å². The molecule has 0 unspecified atom stereocenters. The van der Waals surface area contributed by atoms with Crippen molar-refractivity contribution in [1.82, 2.24) is 14.8 Å². The Morgan fingerprint density at radius 2 is 1.89 bits per heavy atom. The predicted octanol–water partition coefficient (Wildman–Crippen LogP) is 3.83. The van der Waals surface area contributed by atoms with Crippen LogP contribution in [0.5, 0.6) is 5.88 Å². The number of rotatable bonds is 6. The van der Waals surface area contributed by atoms with E-state index in [1.54, 1.807) is 42.5 Å². The monoisotopic (exact) mass is 410 g/mol. The summed E-state index contributed by atoms with van der Waals surface area (Å²) < 4.78 is 43.0. The number of ether oxygens (including phenoxy) is 1. The Balaban J connectivity index is 1.77. The first-order chi connectivity index (χ1) is 13.3. The van der Waals surface area contributed by atoms with E-state index >= 15 is 0 Å². The summed E-state index contributed by atoms with van der Waals surface area (Å²) >= 11 is 6.14. The summed E-state index contributed by atoms with van der Waals surface area (Å²) in [5.41, 5.74) is 0.633. The van der Waals surface area contributed by atoms with Crippen LogP contribution in [-0.2, 0) is 6.54 Å². The van der Waals surface area contributed by atoms with Crippen molar-refractivity contribution in [2.75, 3.05) is 11.9 Å². The molecule has 0 aliphatic carbocycles. The van der Waals surface area contributed by atoms with E-state index in [0.29, 0.717) is 11.3 Å². The van der Waals surface area contributed by atoms with Gasteiger partial charge in [0.25, 0.3) is 5.56 Å². The van der Waals surface area contributed by atoms with E-state index in [9.17, 15) is 18.0 Å². The fraction of sp³-hybridized carbons (Fsp3) is 0.167. The van der Waals surface area contributed by atoms with Crippen LogP contribution in [0.3, 0.4) is 0 Å². The molecular weight excluding hydrogens is 397 g/mol. The molecule has 0 saturated heterocycles. The maximum absolute atomic E-state index is 12.4. The van der Waals surface area contributed by atoms with Gasteiger partial charge >= 0.3 is 6.18 Å². The number of hydrogen-bond donors (Lipinski definition) is 1. The summed E-state index contributed by atoms with van der Waals surface area (Å²) in [6.07, 6.45) is -1.79. The summed E-state index contributed by atoms with van der Waals surface area (Å²) in [6.45, 7) is -1.41. The Labute approximate surface area is 162 Å². The first kappa shape index (κ1) is 19.7. The molecule has 28 heavy (non-hydrogen) atoms. The van der Waals surface area contributed by atoms with E-state index in [1.807, 2.05) is 0 Å². The van der Waals surface area contributed by atoms with Gasteiger partial charge in [-0.25, -0.2) is 4.98 Å². The number of hydrogen-bond acceptors (Lipinski definition) is 5. The molecule has 3 aromatic rings. The van der Waals surface area contributed by atoms with Gasteiger partial charge in [-0.15, -0.1) is 0 Å². The van der Waals surface area contributed by atoms with Crippen molar-refractivity contribution in [3.63, 3.8) is 0 Å². The van der Waals surface area contributed by atoms with Gasteiger partial charge in [0.05, 0.1) is 17.6 Å². The van der Waals surface area contributed by atoms with Crippen LogP contribution in [0.15, 0.2) is 59.7 Å². The van der Waals surface area contributed by atoms with Crippen molar-refractivity contribution in [1.29, 1.82) is 0 Å². The van der Waals surface area contributed by atoms with Crippen molar-refractivity contribution < 1.29 is 17.9 Å². The molecule has 0 bridgehead atoms. The van der Waals surface area contributed by atoms with Crippen LogP contribution in [0, 0.1) is 0 Å². The fourth-order valence-corrected chi connectivity index (χ4v) is 2.53. The van der Waals surface area contributed by atoms with Crippen molar-refractivity contribution in [3.8, 4) is 11.6 Å². The Morgan fingerprint density at radius 3 is 2.61 bits per heavy atom. The van der Waals surface area contributed by atoms with Crippen molar-refractivity contribution in [2.24, 2.45) is 0 Å². The highest BCUT2D eigenvalue weighted by atomic mass is 35.5. The highest BCUT2D eigenvalue weighted by molar-refractivity contribution is 6.32. The minimum atomic E-state index is -4.47. The zero-order chi connectivity index (χ0) is 20.1. The van der Waals surface area contributed by atoms with Crippen LogP contribution < -0.4 is 15.6 Å². The second-order valence-corrected chi connectivity index (χ2v) is 6.03. The molecule has 0 aliphatic rings. The number of aromatic nitrogens is 3. The maximum Gasteiger partial charge on any atom is 0.422 e. The highest BCUT2D eigenvalue weighted by Crippen LogP contribution is 2.22. The van der Waals surface area contributed by atoms with Gasteiger partial charge in [-0.2, -0.15) is 23.0 Å². The lowest BCUT2D eigenvalue weighted by molar-refractivity contribution is -0.154. The quantitative estimate of drug-likeness (QED) is 0.668. The second-order valence-electron chi connectivity index (χ2n) is 5.65. The molecule has 0 fully saturated rings. The third kappa shape index (κ3) is 4.80. The van der Waals surface area contributed by atoms with Gasteiger partial charge in [-0.1, -0.05) is 35.9 Å². The van der Waals surface area contributed by atoms with Crippen LogP contribution in [-0.4, -0.2) is 27.5 Å². The molecule has 0 amide bonds. The van der Waals surface area contributed by atoms with E-state index in [-0.39, 0.29) is 23.1 Å². The summed E-state index contributed by atoms with van der Waals surface area (Å²) in [6, 6.07) is 11.8. The summed E-state index contributed by atoms with van der Waals surface area (Å²) in [7, 11) is 0. The third-order valence-corrected chi connectivity index (χ3v) is 3.98. The number of nitrogens with one attached hydrogen (secondary N) is 1. The fourth-order valence-electron chi connectivity index (χ4n) is 2.34. The summed E-state index contributed by atoms with van der Waals surface area (Å²) in [5, 5.41) is 6.85. The second kappa shape index (κ2) is 8.30. The van der Waals surface area contributed by atoms with Crippen LogP contribution >= 0.6 is 11.6 Å². The molecule has 0 atom stereocenters. The van der Waals surface area contributed by atoms with E-state index in [2.05, 4.69) is 15.4 Å². The molecule has 146 valence electrons. The lowest BCUT2D eigenvalue weighted by Crippen LogP contribution is -2.23. The number of anilines is 1. The van der Waals surface area contributed by atoms with E-state index < -0.39 is 18.3 Å². The number of alkyl halides is 3. The summed E-state index contributed by atoms with van der Waals surface area (Å²) in [4.78, 5) is 16.3. The standard InChI is InChI=1S/C18H14ClF3N4O2/c19-15-14(10-25-26(17(15)27)13-6-2-1-3-7-13)24-9-12-5-4-8-23-16(12)28-11-18(20,21)22/h1-8,10,24H,9,11H2. The number of halogens is 4. The van der Waals surface area contributed by atoms with Gasteiger partial charge in [0.1, 0.15) is 5.02 Å². The zero-order valence-corrected chi connectivity index (χ0v) is 15.0. The summed E-state index contributed by atoms with van der Waals surface area (Å²) in [5.74, 6) is -0.158. The largest absolute Gasteiger partial charge is 0.468 e. The molecular formula is C18H14ClF3N4O2. The Kier molecular flexibility index (Phi) is 5.84. The molecule has 0 radical (unpaired) electrons. The Morgan fingerprint density at radius 1 is 1.14 bits per heavy atom. The van der Waals surface area contributed by atoms with Crippen LogP contribution in [0.1, 0.15) is 5.56 Å². The van der Waals surface area contributed by atoms with Gasteiger partial charge in [0, 0.05) is 18.3 Å². The highest BCUT2D eigenvalue weighted by Gasteiger charge is 2.29. The van der Waals surface area contributed by atoms with E-state index in [0.717, 1.165) is 4.68 Å². The molecule has 0 saturated carbocycles. The van der Waals surface area contributed by atoms with Crippen molar-refractivity contribution in [2.45, 2.75) is 12.7 Å². The third-order valence-electron chi connectivity index (χ3n) is 3.61. The number of pyridine rings is 1. The van der Waals surface area contributed by atoms with Crippen molar-refractivity contribution >= 4 is 17.3 Å². The molecule has 3 rings (SSSR count). The minimum Gasteiger partial charge on any atom is -0.468 e. The first-order valence-electron chi connectivity index (χ1n) is 8.06. The Bertz CT molecular complexity index is 1010. The lowest BCUT2D eigenvalue weighted by atomic mass is 10.2. The molecule has 2 heterocycles. The van der Waals surface area contributed by atoms with Crippen molar-refractivity contribution in [3.05, 3.63) is 75.8 Å². The molecule has 1 N–H and O–H groups in total. The van der Waals surface area contributed by atoms with Crippen LogP contribution in [0.4, 0.5) is 18.9 Å². The maximum atomic E-state index is 12.4. The number of benzene rings is 1. The Hall–Kier alpha value is -3.07. The molecule has 2 aromatic heterocycles. The average Bonchev–Trinajstić information content (AvgIpc) is 2.68. The van der Waals surface area contributed by atoms with E-state index in [1.165, 1.54) is 12.4 Å². The molecule has 6 nitrogen and oxygen atoms in total.